The van der Waals surface area contributed by atoms with Gasteiger partial charge in [0.05, 0.1) is 0 Å². The summed E-state index contributed by atoms with van der Waals surface area (Å²) in [6.07, 6.45) is 1.99. The highest BCUT2D eigenvalue weighted by atomic mass is 35.5. The molecule has 2 N–H and O–H groups in total. The van der Waals surface area contributed by atoms with Gasteiger partial charge in [0, 0.05) is 18.2 Å². The fourth-order valence-electron chi connectivity index (χ4n) is 1.68. The van der Waals surface area contributed by atoms with Gasteiger partial charge in [0.2, 0.25) is 0 Å². The molecule has 1 aromatic rings. The molecule has 0 saturated carbocycles. The first-order valence-corrected chi connectivity index (χ1v) is 6.19. The molecule has 1 rings (SSSR count). The molecule has 1 unspecified atom stereocenters. The summed E-state index contributed by atoms with van der Waals surface area (Å²) in [7, 11) is 0. The van der Waals surface area contributed by atoms with Gasteiger partial charge < -0.3 is 10.5 Å². The average Bonchev–Trinajstić information content (AvgIpc) is 2.31. The monoisotopic (exact) mass is 241 g/mol. The molecule has 0 aliphatic heterocycles. The summed E-state index contributed by atoms with van der Waals surface area (Å²) in [5.41, 5.74) is 6.91. The lowest BCUT2D eigenvalue weighted by atomic mass is 9.96. The van der Waals surface area contributed by atoms with Gasteiger partial charge in [-0.2, -0.15) is 0 Å². The van der Waals surface area contributed by atoms with Gasteiger partial charge in [-0.3, -0.25) is 0 Å². The number of ether oxygens (including phenoxy) is 1. The normalized spacial score (nSPS) is 12.7. The van der Waals surface area contributed by atoms with E-state index in [9.17, 15) is 0 Å². The Morgan fingerprint density at radius 2 is 2.06 bits per heavy atom. The lowest BCUT2D eigenvalue weighted by molar-refractivity contribution is 0.128. The zero-order valence-corrected chi connectivity index (χ0v) is 10.5. The average molecular weight is 242 g/mol. The van der Waals surface area contributed by atoms with Crippen molar-refractivity contribution in [3.63, 3.8) is 0 Å². The Kier molecular flexibility index (Phi) is 6.46. The quantitative estimate of drug-likeness (QED) is 0.744. The van der Waals surface area contributed by atoms with Crippen LogP contribution in [0, 0.1) is 0 Å². The summed E-state index contributed by atoms with van der Waals surface area (Å²) in [4.78, 5) is 0. The Balaban J connectivity index is 2.51. The molecule has 0 aliphatic carbocycles. The van der Waals surface area contributed by atoms with Gasteiger partial charge in [0.25, 0.3) is 0 Å². The molecule has 2 nitrogen and oxygen atoms in total. The Morgan fingerprint density at radius 3 is 2.69 bits per heavy atom. The zero-order chi connectivity index (χ0) is 11.8. The van der Waals surface area contributed by atoms with Crippen molar-refractivity contribution in [3.8, 4) is 0 Å². The molecule has 0 heterocycles. The van der Waals surface area contributed by atoms with Gasteiger partial charge in [-0.25, -0.2) is 0 Å². The van der Waals surface area contributed by atoms with Gasteiger partial charge in [-0.1, -0.05) is 36.7 Å². The van der Waals surface area contributed by atoms with Gasteiger partial charge in [-0.15, -0.1) is 0 Å². The summed E-state index contributed by atoms with van der Waals surface area (Å²) >= 11 is 6.14. The van der Waals surface area contributed by atoms with E-state index in [1.54, 1.807) is 0 Å². The summed E-state index contributed by atoms with van der Waals surface area (Å²) in [5, 5.41) is 0.799. The lowest BCUT2D eigenvalue weighted by Crippen LogP contribution is -2.15. The standard InChI is InChI=1S/C13H20ClNO/c1-2-8-16-9-7-11(10-15)12-5-3-4-6-13(12)14/h3-6,11H,2,7-10,15H2,1H3. The largest absolute Gasteiger partial charge is 0.381 e. The summed E-state index contributed by atoms with van der Waals surface area (Å²) in [5.74, 6) is 0.297. The van der Waals surface area contributed by atoms with Crippen molar-refractivity contribution in [1.29, 1.82) is 0 Å². The molecule has 0 aliphatic rings. The Bertz CT molecular complexity index is 304. The number of halogens is 1. The van der Waals surface area contributed by atoms with E-state index < -0.39 is 0 Å². The molecule has 1 aromatic carbocycles. The maximum Gasteiger partial charge on any atom is 0.0472 e. The van der Waals surface area contributed by atoms with Crippen molar-refractivity contribution in [2.24, 2.45) is 5.73 Å². The Hall–Kier alpha value is -0.570. The number of nitrogens with two attached hydrogens (primary N) is 1. The van der Waals surface area contributed by atoms with Crippen LogP contribution >= 0.6 is 11.6 Å². The molecule has 0 saturated heterocycles. The first-order valence-electron chi connectivity index (χ1n) is 5.81. The van der Waals surface area contributed by atoms with Crippen molar-refractivity contribution in [2.75, 3.05) is 19.8 Å². The molecule has 0 aromatic heterocycles. The van der Waals surface area contributed by atoms with Gasteiger partial charge in [0.1, 0.15) is 0 Å². The van der Waals surface area contributed by atoms with E-state index in [1.807, 2.05) is 24.3 Å². The van der Waals surface area contributed by atoms with Crippen LogP contribution in [0.3, 0.4) is 0 Å². The van der Waals surface area contributed by atoms with Crippen LogP contribution in [0.25, 0.3) is 0 Å². The van der Waals surface area contributed by atoms with Gasteiger partial charge >= 0.3 is 0 Å². The molecule has 90 valence electrons. The second-order valence-electron chi connectivity index (χ2n) is 3.86. The number of rotatable bonds is 7. The van der Waals surface area contributed by atoms with E-state index >= 15 is 0 Å². The van der Waals surface area contributed by atoms with Gasteiger partial charge in [0.15, 0.2) is 0 Å². The van der Waals surface area contributed by atoms with Crippen LogP contribution in [-0.2, 0) is 4.74 Å². The first kappa shape index (κ1) is 13.5. The SMILES string of the molecule is CCCOCCC(CN)c1ccccc1Cl. The minimum absolute atomic E-state index is 0.297. The topological polar surface area (TPSA) is 35.2 Å². The maximum absolute atomic E-state index is 6.14. The summed E-state index contributed by atoms with van der Waals surface area (Å²) in [6.45, 7) is 4.29. The van der Waals surface area contributed by atoms with E-state index in [1.165, 1.54) is 0 Å². The number of hydrogen-bond acceptors (Lipinski definition) is 2. The van der Waals surface area contributed by atoms with Crippen LogP contribution in [0.2, 0.25) is 5.02 Å². The van der Waals surface area contributed by atoms with Crippen molar-refractivity contribution in [2.45, 2.75) is 25.7 Å². The molecule has 0 radical (unpaired) electrons. The molecular weight excluding hydrogens is 222 g/mol. The highest BCUT2D eigenvalue weighted by Crippen LogP contribution is 2.26. The third-order valence-electron chi connectivity index (χ3n) is 2.59. The molecular formula is C13H20ClNO. The van der Waals surface area contributed by atoms with E-state index in [0.29, 0.717) is 12.5 Å². The fraction of sp³-hybridized carbons (Fsp3) is 0.538. The van der Waals surface area contributed by atoms with Crippen molar-refractivity contribution in [3.05, 3.63) is 34.9 Å². The lowest BCUT2D eigenvalue weighted by Gasteiger charge is -2.16. The third-order valence-corrected chi connectivity index (χ3v) is 2.93. The molecule has 1 atom stereocenters. The maximum atomic E-state index is 6.14. The van der Waals surface area contributed by atoms with Crippen LogP contribution in [0.15, 0.2) is 24.3 Å². The van der Waals surface area contributed by atoms with Crippen LogP contribution < -0.4 is 5.73 Å². The molecule has 16 heavy (non-hydrogen) atoms. The van der Waals surface area contributed by atoms with Crippen molar-refractivity contribution < 1.29 is 4.74 Å². The minimum atomic E-state index is 0.297. The van der Waals surface area contributed by atoms with Crippen LogP contribution in [-0.4, -0.2) is 19.8 Å². The predicted molar refractivity (Wildman–Crippen MR) is 69.0 cm³/mol. The molecule has 0 spiro atoms. The second kappa shape index (κ2) is 7.66. The summed E-state index contributed by atoms with van der Waals surface area (Å²) in [6, 6.07) is 7.88. The zero-order valence-electron chi connectivity index (χ0n) is 9.79. The minimum Gasteiger partial charge on any atom is -0.381 e. The Morgan fingerprint density at radius 1 is 1.31 bits per heavy atom. The number of benzene rings is 1. The van der Waals surface area contributed by atoms with Crippen LogP contribution in [0.5, 0.6) is 0 Å². The second-order valence-corrected chi connectivity index (χ2v) is 4.26. The highest BCUT2D eigenvalue weighted by molar-refractivity contribution is 6.31. The van der Waals surface area contributed by atoms with Gasteiger partial charge in [-0.05, 0) is 36.9 Å². The molecule has 0 amide bonds. The molecule has 0 fully saturated rings. The van der Waals surface area contributed by atoms with E-state index in [-0.39, 0.29) is 0 Å². The molecule has 3 heteroatoms. The highest BCUT2D eigenvalue weighted by Gasteiger charge is 2.12. The van der Waals surface area contributed by atoms with E-state index in [4.69, 9.17) is 22.1 Å². The van der Waals surface area contributed by atoms with E-state index in [0.717, 1.165) is 36.6 Å². The number of hydrogen-bond donors (Lipinski definition) is 1. The van der Waals surface area contributed by atoms with Crippen molar-refractivity contribution >= 4 is 11.6 Å². The third kappa shape index (κ3) is 4.12. The fourth-order valence-corrected chi connectivity index (χ4v) is 1.97. The first-order chi connectivity index (χ1) is 7.79. The van der Waals surface area contributed by atoms with E-state index in [2.05, 4.69) is 6.92 Å². The Labute approximate surface area is 103 Å². The molecule has 0 bridgehead atoms. The smallest absolute Gasteiger partial charge is 0.0472 e. The predicted octanol–water partition coefficient (Wildman–Crippen LogP) is 3.20. The van der Waals surface area contributed by atoms with Crippen LogP contribution in [0.1, 0.15) is 31.2 Å². The van der Waals surface area contributed by atoms with Crippen molar-refractivity contribution in [1.82, 2.24) is 0 Å². The summed E-state index contributed by atoms with van der Waals surface area (Å²) < 4.78 is 5.48. The van der Waals surface area contributed by atoms with Crippen LogP contribution in [0.4, 0.5) is 0 Å².